The number of pyridine rings is 1. The minimum Gasteiger partial charge on any atom is -0.408 e. The zero-order chi connectivity index (χ0) is 12.5. The fourth-order valence-corrected chi connectivity index (χ4v) is 1.93. The Kier molecular flexibility index (Phi) is 2.83. The summed E-state index contributed by atoms with van der Waals surface area (Å²) in [5, 5.41) is 10.2. The van der Waals surface area contributed by atoms with E-state index in [-0.39, 0.29) is 11.9 Å². The number of nitrogens with zero attached hydrogens (tertiary/aromatic N) is 3. The maximum atomic E-state index is 11.9. The van der Waals surface area contributed by atoms with Gasteiger partial charge in [0.15, 0.2) is 0 Å². The quantitative estimate of drug-likeness (QED) is 0.880. The van der Waals surface area contributed by atoms with E-state index in [2.05, 4.69) is 36.4 Å². The zero-order valence-electron chi connectivity index (χ0n) is 9.26. The number of hydrogen-bond acceptors (Lipinski definition) is 5. The van der Waals surface area contributed by atoms with Gasteiger partial charge in [-0.25, -0.2) is 4.98 Å². The zero-order valence-corrected chi connectivity index (χ0v) is 10.8. The number of anilines is 1. The number of carbonyl (C=O) groups is 1. The molecule has 1 fully saturated rings. The molecular weight excluding hydrogens is 300 g/mol. The molecule has 0 saturated heterocycles. The topological polar surface area (TPSA) is 80.9 Å². The molecule has 0 aromatic carbocycles. The molecule has 6 nitrogen and oxygen atoms in total. The van der Waals surface area contributed by atoms with Gasteiger partial charge in [0.2, 0.25) is 5.89 Å². The van der Waals surface area contributed by atoms with Crippen LogP contribution in [0.3, 0.4) is 0 Å². The molecule has 0 radical (unpaired) electrons. The molecule has 7 heteroatoms. The predicted molar refractivity (Wildman–Crippen MR) is 66.2 cm³/mol. The molecule has 1 aliphatic carbocycles. The summed E-state index contributed by atoms with van der Waals surface area (Å²) in [6, 6.07) is 3.46. The van der Waals surface area contributed by atoms with Crippen molar-refractivity contribution in [3.63, 3.8) is 0 Å². The highest BCUT2D eigenvalue weighted by atomic mass is 79.9. The summed E-state index contributed by atoms with van der Waals surface area (Å²) in [6.45, 7) is 0. The highest BCUT2D eigenvalue weighted by Crippen LogP contribution is 2.39. The van der Waals surface area contributed by atoms with Crippen molar-refractivity contribution >= 4 is 27.9 Å². The monoisotopic (exact) mass is 308 g/mol. The minimum absolute atomic E-state index is 0.123. The molecular formula is C11H9BrN4O2. The van der Waals surface area contributed by atoms with E-state index in [1.165, 1.54) is 0 Å². The van der Waals surface area contributed by atoms with E-state index in [1.807, 2.05) is 0 Å². The third-order valence-electron chi connectivity index (χ3n) is 2.59. The number of nitrogens with one attached hydrogen (secondary N) is 1. The van der Waals surface area contributed by atoms with Gasteiger partial charge in [-0.05, 0) is 40.9 Å². The first kappa shape index (κ1) is 11.3. The molecule has 2 aromatic heterocycles. The molecule has 2 aromatic rings. The van der Waals surface area contributed by atoms with Crippen LogP contribution in [0, 0.1) is 0 Å². The molecule has 0 unspecified atom stereocenters. The summed E-state index contributed by atoms with van der Waals surface area (Å²) >= 11 is 3.21. The number of hydrogen-bond donors (Lipinski definition) is 1. The Morgan fingerprint density at radius 2 is 2.28 bits per heavy atom. The van der Waals surface area contributed by atoms with Gasteiger partial charge in [0.05, 0.1) is 5.56 Å². The van der Waals surface area contributed by atoms with Gasteiger partial charge in [0.25, 0.3) is 5.91 Å². The second-order valence-corrected chi connectivity index (χ2v) is 4.77. The summed E-state index contributed by atoms with van der Waals surface area (Å²) in [5.74, 6) is 0.629. The molecule has 2 heterocycles. The molecule has 1 N–H and O–H groups in total. The third kappa shape index (κ3) is 2.26. The van der Waals surface area contributed by atoms with E-state index in [4.69, 9.17) is 4.42 Å². The van der Waals surface area contributed by atoms with E-state index >= 15 is 0 Å². The van der Waals surface area contributed by atoms with Crippen molar-refractivity contribution in [3.8, 4) is 0 Å². The van der Waals surface area contributed by atoms with Crippen molar-refractivity contribution in [3.05, 3.63) is 34.4 Å². The Morgan fingerprint density at radius 3 is 3.00 bits per heavy atom. The molecule has 3 rings (SSSR count). The number of rotatable bonds is 3. The molecule has 0 aliphatic heterocycles. The highest BCUT2D eigenvalue weighted by Gasteiger charge is 2.29. The summed E-state index contributed by atoms with van der Waals surface area (Å²) in [4.78, 5) is 15.9. The average molecular weight is 309 g/mol. The number of halogens is 1. The van der Waals surface area contributed by atoms with Gasteiger partial charge in [0, 0.05) is 12.1 Å². The van der Waals surface area contributed by atoms with Gasteiger partial charge in [-0.1, -0.05) is 5.10 Å². The van der Waals surface area contributed by atoms with E-state index < -0.39 is 0 Å². The van der Waals surface area contributed by atoms with Gasteiger partial charge in [0.1, 0.15) is 4.60 Å². The highest BCUT2D eigenvalue weighted by molar-refractivity contribution is 9.10. The molecule has 1 aliphatic rings. The smallest absolute Gasteiger partial charge is 0.322 e. The third-order valence-corrected chi connectivity index (χ3v) is 3.22. The molecule has 0 bridgehead atoms. The predicted octanol–water partition coefficient (Wildman–Crippen LogP) is 2.36. The SMILES string of the molecule is O=C(Nc1nnc(C2CC2)o1)c1cccnc1Br. The van der Waals surface area contributed by atoms with Crippen molar-refractivity contribution in [2.75, 3.05) is 5.32 Å². The van der Waals surface area contributed by atoms with Crippen LogP contribution < -0.4 is 5.32 Å². The van der Waals surface area contributed by atoms with Crippen molar-refractivity contribution in [2.45, 2.75) is 18.8 Å². The first-order chi connectivity index (χ1) is 8.74. The van der Waals surface area contributed by atoms with Crippen molar-refractivity contribution in [1.82, 2.24) is 15.2 Å². The first-order valence-corrected chi connectivity index (χ1v) is 6.28. The molecule has 0 spiro atoms. The van der Waals surface area contributed by atoms with Crippen LogP contribution in [0.5, 0.6) is 0 Å². The van der Waals surface area contributed by atoms with Crippen LogP contribution in [0.4, 0.5) is 6.01 Å². The number of carbonyl (C=O) groups excluding carboxylic acids is 1. The lowest BCUT2D eigenvalue weighted by Crippen LogP contribution is -2.13. The Hall–Kier alpha value is -1.76. The van der Waals surface area contributed by atoms with E-state index in [0.29, 0.717) is 22.0 Å². The van der Waals surface area contributed by atoms with E-state index in [1.54, 1.807) is 18.3 Å². The van der Waals surface area contributed by atoms with Crippen LogP contribution in [0.25, 0.3) is 0 Å². The molecule has 18 heavy (non-hydrogen) atoms. The Bertz CT molecular complexity index is 594. The standard InChI is InChI=1S/C11H9BrN4O2/c12-8-7(2-1-5-13-8)9(17)14-11-16-15-10(18-11)6-3-4-6/h1-2,5-6H,3-4H2,(H,14,16,17). The lowest BCUT2D eigenvalue weighted by Gasteiger charge is -2.01. The fourth-order valence-electron chi connectivity index (χ4n) is 1.50. The molecule has 0 atom stereocenters. The van der Waals surface area contributed by atoms with Crippen molar-refractivity contribution in [2.24, 2.45) is 0 Å². The van der Waals surface area contributed by atoms with Crippen molar-refractivity contribution in [1.29, 1.82) is 0 Å². The fraction of sp³-hybridized carbons (Fsp3) is 0.273. The largest absolute Gasteiger partial charge is 0.408 e. The van der Waals surface area contributed by atoms with Gasteiger partial charge in [-0.2, -0.15) is 0 Å². The lowest BCUT2D eigenvalue weighted by molar-refractivity contribution is 0.102. The Labute approximate surface area is 111 Å². The van der Waals surface area contributed by atoms with E-state index in [9.17, 15) is 4.79 Å². The first-order valence-electron chi connectivity index (χ1n) is 5.49. The second kappa shape index (κ2) is 4.49. The van der Waals surface area contributed by atoms with E-state index in [0.717, 1.165) is 12.8 Å². The van der Waals surface area contributed by atoms with Crippen LogP contribution in [0.1, 0.15) is 35.0 Å². The molecule has 92 valence electrons. The second-order valence-electron chi connectivity index (χ2n) is 4.02. The average Bonchev–Trinajstić information content (AvgIpc) is 3.11. The summed E-state index contributed by atoms with van der Waals surface area (Å²) in [6.07, 6.45) is 3.74. The van der Waals surface area contributed by atoms with Gasteiger partial charge < -0.3 is 4.42 Å². The Morgan fingerprint density at radius 1 is 1.44 bits per heavy atom. The minimum atomic E-state index is -0.332. The van der Waals surface area contributed by atoms with Crippen LogP contribution in [-0.4, -0.2) is 21.1 Å². The summed E-state index contributed by atoms with van der Waals surface area (Å²) in [7, 11) is 0. The Balaban J connectivity index is 1.75. The van der Waals surface area contributed by atoms with Gasteiger partial charge in [-0.3, -0.25) is 10.1 Å². The molecule has 1 amide bonds. The van der Waals surface area contributed by atoms with Gasteiger partial charge in [-0.15, -0.1) is 5.10 Å². The van der Waals surface area contributed by atoms with Crippen LogP contribution >= 0.6 is 15.9 Å². The van der Waals surface area contributed by atoms with Crippen LogP contribution in [0.15, 0.2) is 27.3 Å². The summed E-state index contributed by atoms with van der Waals surface area (Å²) < 4.78 is 5.83. The van der Waals surface area contributed by atoms with Crippen molar-refractivity contribution < 1.29 is 9.21 Å². The maximum Gasteiger partial charge on any atom is 0.322 e. The van der Waals surface area contributed by atoms with Gasteiger partial charge >= 0.3 is 6.01 Å². The summed E-state index contributed by atoms with van der Waals surface area (Å²) in [5.41, 5.74) is 0.420. The van der Waals surface area contributed by atoms with Crippen LogP contribution in [-0.2, 0) is 0 Å². The van der Waals surface area contributed by atoms with Crippen LogP contribution in [0.2, 0.25) is 0 Å². The maximum absolute atomic E-state index is 11.9. The lowest BCUT2D eigenvalue weighted by atomic mass is 10.3. The molecule has 1 saturated carbocycles. The normalized spacial score (nSPS) is 14.5. The number of aromatic nitrogens is 3. The number of amides is 1.